The predicted molar refractivity (Wildman–Crippen MR) is 79.8 cm³/mol. The molecule has 0 fully saturated rings. The summed E-state index contributed by atoms with van der Waals surface area (Å²) in [5.41, 5.74) is 3.57. The van der Waals surface area contributed by atoms with Crippen LogP contribution in [-0.4, -0.2) is 7.11 Å². The summed E-state index contributed by atoms with van der Waals surface area (Å²) in [6, 6.07) is 4.31. The van der Waals surface area contributed by atoms with Crippen molar-refractivity contribution in [2.75, 3.05) is 7.11 Å². The second-order valence-electron chi connectivity index (χ2n) is 5.00. The molecule has 102 valence electrons. The van der Waals surface area contributed by atoms with Gasteiger partial charge in [0.1, 0.15) is 5.75 Å². The molecule has 0 amide bonds. The van der Waals surface area contributed by atoms with Crippen molar-refractivity contribution in [3.63, 3.8) is 0 Å². The van der Waals surface area contributed by atoms with Gasteiger partial charge in [0, 0.05) is 0 Å². The Bertz CT molecular complexity index is 350. The van der Waals surface area contributed by atoms with Gasteiger partial charge in [0.15, 0.2) is 0 Å². The lowest BCUT2D eigenvalue weighted by molar-refractivity contribution is 0.408. The Labute approximate surface area is 116 Å². The minimum absolute atomic E-state index is 0.130. The van der Waals surface area contributed by atoms with E-state index in [0.29, 0.717) is 0 Å². The molecule has 0 aliphatic rings. The number of benzene rings is 1. The second kappa shape index (κ2) is 7.68. The summed E-state index contributed by atoms with van der Waals surface area (Å²) in [6.45, 7) is 6.39. The van der Waals surface area contributed by atoms with E-state index >= 15 is 0 Å². The molecule has 0 saturated heterocycles. The van der Waals surface area contributed by atoms with Crippen LogP contribution < -0.4 is 4.74 Å². The van der Waals surface area contributed by atoms with Crippen molar-refractivity contribution in [1.82, 2.24) is 0 Å². The van der Waals surface area contributed by atoms with E-state index in [1.807, 2.05) is 0 Å². The van der Waals surface area contributed by atoms with E-state index in [2.05, 4.69) is 32.9 Å². The second-order valence-corrected chi connectivity index (χ2v) is 5.53. The minimum atomic E-state index is 0.130. The van der Waals surface area contributed by atoms with E-state index in [9.17, 15) is 0 Å². The molecule has 0 radical (unpaired) electrons. The Morgan fingerprint density at radius 3 is 2.22 bits per heavy atom. The number of halogens is 1. The van der Waals surface area contributed by atoms with Crippen molar-refractivity contribution < 1.29 is 4.74 Å². The maximum absolute atomic E-state index is 6.48. The van der Waals surface area contributed by atoms with Crippen LogP contribution in [0.25, 0.3) is 0 Å². The van der Waals surface area contributed by atoms with Crippen molar-refractivity contribution in [2.45, 2.75) is 58.3 Å². The molecule has 1 unspecified atom stereocenters. The van der Waals surface area contributed by atoms with Crippen molar-refractivity contribution in [1.29, 1.82) is 0 Å². The van der Waals surface area contributed by atoms with Crippen LogP contribution in [0.2, 0.25) is 0 Å². The SMILES string of the molecule is CCCCCCC(Cl)c1cc(C)c(OC)c(C)c1. The fraction of sp³-hybridized carbons (Fsp3) is 0.625. The smallest absolute Gasteiger partial charge is 0.124 e. The van der Waals surface area contributed by atoms with Crippen LogP contribution in [0.4, 0.5) is 0 Å². The summed E-state index contributed by atoms with van der Waals surface area (Å²) in [4.78, 5) is 0. The standard InChI is InChI=1S/C16H25ClO/c1-5-6-7-8-9-15(17)14-10-12(2)16(18-4)13(3)11-14/h10-11,15H,5-9H2,1-4H3. The molecule has 0 N–H and O–H groups in total. The molecular weight excluding hydrogens is 244 g/mol. The van der Waals surface area contributed by atoms with Gasteiger partial charge >= 0.3 is 0 Å². The van der Waals surface area contributed by atoms with Crippen molar-refractivity contribution in [2.24, 2.45) is 0 Å². The largest absolute Gasteiger partial charge is 0.496 e. The molecule has 0 bridgehead atoms. The third-order valence-corrected chi connectivity index (χ3v) is 3.83. The number of ether oxygens (including phenoxy) is 1. The van der Waals surface area contributed by atoms with Gasteiger partial charge in [0.25, 0.3) is 0 Å². The first kappa shape index (κ1) is 15.4. The van der Waals surface area contributed by atoms with Gasteiger partial charge in [-0.1, -0.05) is 44.7 Å². The van der Waals surface area contributed by atoms with Crippen LogP contribution in [-0.2, 0) is 0 Å². The first-order chi connectivity index (χ1) is 8.60. The maximum Gasteiger partial charge on any atom is 0.124 e. The highest BCUT2D eigenvalue weighted by Crippen LogP contribution is 2.32. The fourth-order valence-electron chi connectivity index (χ4n) is 2.40. The summed E-state index contributed by atoms with van der Waals surface area (Å²) in [6.07, 6.45) is 6.14. The number of alkyl halides is 1. The summed E-state index contributed by atoms with van der Waals surface area (Å²) in [5, 5.41) is 0.130. The van der Waals surface area contributed by atoms with Gasteiger partial charge in [-0.15, -0.1) is 11.6 Å². The molecule has 1 rings (SSSR count). The van der Waals surface area contributed by atoms with Crippen LogP contribution in [0.15, 0.2) is 12.1 Å². The molecule has 0 aromatic heterocycles. The average Bonchev–Trinajstić information content (AvgIpc) is 2.34. The summed E-state index contributed by atoms with van der Waals surface area (Å²) in [7, 11) is 1.72. The zero-order valence-electron chi connectivity index (χ0n) is 12.1. The zero-order valence-corrected chi connectivity index (χ0v) is 12.8. The summed E-state index contributed by atoms with van der Waals surface area (Å²) < 4.78 is 5.38. The molecule has 18 heavy (non-hydrogen) atoms. The molecule has 0 aliphatic heterocycles. The average molecular weight is 269 g/mol. The van der Waals surface area contributed by atoms with Gasteiger partial charge in [-0.3, -0.25) is 0 Å². The predicted octanol–water partition coefficient (Wildman–Crippen LogP) is 5.56. The molecule has 0 aliphatic carbocycles. The van der Waals surface area contributed by atoms with Crippen LogP contribution in [0.3, 0.4) is 0 Å². The lowest BCUT2D eigenvalue weighted by Gasteiger charge is -2.15. The Morgan fingerprint density at radius 2 is 1.72 bits per heavy atom. The van der Waals surface area contributed by atoms with Gasteiger partial charge in [-0.05, 0) is 37.0 Å². The Hall–Kier alpha value is -0.690. The third kappa shape index (κ3) is 4.20. The lowest BCUT2D eigenvalue weighted by Crippen LogP contribution is -1.97. The van der Waals surface area contributed by atoms with E-state index < -0.39 is 0 Å². The number of rotatable bonds is 7. The van der Waals surface area contributed by atoms with Crippen molar-refractivity contribution >= 4 is 11.6 Å². The van der Waals surface area contributed by atoms with E-state index in [4.69, 9.17) is 16.3 Å². The topological polar surface area (TPSA) is 9.23 Å². The molecular formula is C16H25ClO. The Kier molecular flexibility index (Phi) is 6.56. The number of hydrogen-bond acceptors (Lipinski definition) is 1. The van der Waals surface area contributed by atoms with Crippen molar-refractivity contribution in [3.05, 3.63) is 28.8 Å². The van der Waals surface area contributed by atoms with Crippen LogP contribution in [0.5, 0.6) is 5.75 Å². The summed E-state index contributed by atoms with van der Waals surface area (Å²) >= 11 is 6.48. The van der Waals surface area contributed by atoms with Gasteiger partial charge in [-0.2, -0.15) is 0 Å². The van der Waals surface area contributed by atoms with Gasteiger partial charge in [-0.25, -0.2) is 0 Å². The van der Waals surface area contributed by atoms with Crippen LogP contribution >= 0.6 is 11.6 Å². The van der Waals surface area contributed by atoms with Gasteiger partial charge < -0.3 is 4.74 Å². The highest BCUT2D eigenvalue weighted by atomic mass is 35.5. The molecule has 1 atom stereocenters. The van der Waals surface area contributed by atoms with E-state index in [1.165, 1.54) is 42.4 Å². The first-order valence-corrected chi connectivity index (χ1v) is 7.33. The van der Waals surface area contributed by atoms with E-state index in [0.717, 1.165) is 12.2 Å². The number of unbranched alkanes of at least 4 members (excludes halogenated alkanes) is 3. The molecule has 1 nitrogen and oxygen atoms in total. The minimum Gasteiger partial charge on any atom is -0.496 e. The third-order valence-electron chi connectivity index (χ3n) is 3.36. The van der Waals surface area contributed by atoms with Gasteiger partial charge in [0.05, 0.1) is 12.5 Å². The van der Waals surface area contributed by atoms with Crippen LogP contribution in [0.1, 0.15) is 61.1 Å². The molecule has 0 saturated carbocycles. The quantitative estimate of drug-likeness (QED) is 0.464. The molecule has 2 heteroatoms. The highest BCUT2D eigenvalue weighted by Gasteiger charge is 2.12. The van der Waals surface area contributed by atoms with Gasteiger partial charge in [0.2, 0.25) is 0 Å². The number of hydrogen-bond donors (Lipinski definition) is 0. The van der Waals surface area contributed by atoms with E-state index in [-0.39, 0.29) is 5.38 Å². The number of aryl methyl sites for hydroxylation is 2. The Morgan fingerprint density at radius 1 is 1.11 bits per heavy atom. The summed E-state index contributed by atoms with van der Waals surface area (Å²) in [5.74, 6) is 0.980. The highest BCUT2D eigenvalue weighted by molar-refractivity contribution is 6.20. The normalized spacial score (nSPS) is 12.5. The molecule has 1 aromatic carbocycles. The lowest BCUT2D eigenvalue weighted by atomic mass is 10.00. The maximum atomic E-state index is 6.48. The fourth-order valence-corrected chi connectivity index (χ4v) is 2.68. The first-order valence-electron chi connectivity index (χ1n) is 6.89. The number of methoxy groups -OCH3 is 1. The zero-order chi connectivity index (χ0) is 13.5. The van der Waals surface area contributed by atoms with Crippen LogP contribution in [0, 0.1) is 13.8 Å². The van der Waals surface area contributed by atoms with E-state index in [1.54, 1.807) is 7.11 Å². The Balaban J connectivity index is 2.66. The monoisotopic (exact) mass is 268 g/mol. The molecule has 0 heterocycles. The molecule has 0 spiro atoms. The molecule has 1 aromatic rings. The van der Waals surface area contributed by atoms with Crippen molar-refractivity contribution in [3.8, 4) is 5.75 Å².